The predicted octanol–water partition coefficient (Wildman–Crippen LogP) is 4.65. The molecule has 0 spiro atoms. The van der Waals surface area contributed by atoms with E-state index in [4.69, 9.17) is 23.2 Å². The maximum atomic E-state index is 10.9. The van der Waals surface area contributed by atoms with E-state index in [1.54, 1.807) is 12.1 Å². The Hall–Kier alpha value is -1.78. The molecular weight excluding hydrogens is 275 g/mol. The molecule has 0 saturated carbocycles. The highest BCUT2D eigenvalue weighted by Gasteiger charge is 2.17. The number of nitro groups is 1. The zero-order chi connectivity index (χ0) is 13.1. The molecule has 0 saturated heterocycles. The van der Waals surface area contributed by atoms with Crippen LogP contribution in [0.2, 0.25) is 10.0 Å². The van der Waals surface area contributed by atoms with Crippen LogP contribution in [0.5, 0.6) is 0 Å². The summed E-state index contributed by atoms with van der Waals surface area (Å²) in [6, 6.07) is 11.8. The first kappa shape index (κ1) is 12.7. The quantitative estimate of drug-likeness (QED) is 0.659. The Kier molecular flexibility index (Phi) is 3.69. The van der Waals surface area contributed by atoms with Gasteiger partial charge in [0.1, 0.15) is 5.69 Å². The molecule has 6 heteroatoms. The van der Waals surface area contributed by atoms with Gasteiger partial charge in [0.05, 0.1) is 15.0 Å². The topological polar surface area (TPSA) is 55.2 Å². The van der Waals surface area contributed by atoms with Crippen LogP contribution in [-0.4, -0.2) is 4.92 Å². The highest BCUT2D eigenvalue weighted by atomic mass is 35.5. The predicted molar refractivity (Wildman–Crippen MR) is 72.8 cm³/mol. The maximum absolute atomic E-state index is 10.9. The second kappa shape index (κ2) is 5.25. The van der Waals surface area contributed by atoms with Crippen molar-refractivity contribution in [2.45, 2.75) is 0 Å². The molecule has 0 amide bonds. The minimum Gasteiger partial charge on any atom is -0.350 e. The van der Waals surface area contributed by atoms with Crippen LogP contribution in [0.3, 0.4) is 0 Å². The fourth-order valence-electron chi connectivity index (χ4n) is 1.46. The summed E-state index contributed by atoms with van der Waals surface area (Å²) in [5.74, 6) is 0. The Morgan fingerprint density at radius 3 is 2.28 bits per heavy atom. The largest absolute Gasteiger partial charge is 0.350 e. The molecule has 0 heterocycles. The van der Waals surface area contributed by atoms with E-state index in [1.165, 1.54) is 12.1 Å². The number of halogens is 2. The molecule has 0 aliphatic heterocycles. The van der Waals surface area contributed by atoms with Gasteiger partial charge >= 0.3 is 0 Å². The number of nitro benzene ring substituents is 1. The molecule has 0 fully saturated rings. The third-order valence-corrected chi connectivity index (χ3v) is 3.01. The van der Waals surface area contributed by atoms with Crippen LogP contribution in [0.25, 0.3) is 0 Å². The van der Waals surface area contributed by atoms with E-state index in [0.717, 1.165) is 5.69 Å². The third kappa shape index (κ3) is 2.72. The van der Waals surface area contributed by atoms with Gasteiger partial charge in [-0.3, -0.25) is 10.1 Å². The summed E-state index contributed by atoms with van der Waals surface area (Å²) in [7, 11) is 0. The fourth-order valence-corrected chi connectivity index (χ4v) is 1.79. The number of benzene rings is 2. The monoisotopic (exact) mass is 282 g/mol. The van der Waals surface area contributed by atoms with Crippen molar-refractivity contribution in [1.29, 1.82) is 0 Å². The number of rotatable bonds is 3. The normalized spacial score (nSPS) is 10.1. The Morgan fingerprint density at radius 2 is 1.67 bits per heavy atom. The number of anilines is 2. The van der Waals surface area contributed by atoms with Crippen molar-refractivity contribution in [2.75, 3.05) is 5.32 Å². The Bertz CT molecular complexity index is 588. The van der Waals surface area contributed by atoms with E-state index in [2.05, 4.69) is 5.32 Å². The fraction of sp³-hybridized carbons (Fsp3) is 0. The second-order valence-corrected chi connectivity index (χ2v) is 4.35. The molecule has 4 nitrogen and oxygen atoms in total. The number of hydrogen-bond donors (Lipinski definition) is 1. The lowest BCUT2D eigenvalue weighted by molar-refractivity contribution is -0.383. The summed E-state index contributed by atoms with van der Waals surface area (Å²) < 4.78 is 0. The van der Waals surface area contributed by atoms with E-state index in [9.17, 15) is 10.1 Å². The van der Waals surface area contributed by atoms with Gasteiger partial charge < -0.3 is 5.32 Å². The molecule has 0 radical (unpaired) electrons. The third-order valence-electron chi connectivity index (χ3n) is 2.29. The molecule has 1 N–H and O–H groups in total. The first-order chi connectivity index (χ1) is 8.58. The van der Waals surface area contributed by atoms with Crippen LogP contribution in [-0.2, 0) is 0 Å². The zero-order valence-corrected chi connectivity index (χ0v) is 10.6. The van der Waals surface area contributed by atoms with Crippen molar-refractivity contribution in [1.82, 2.24) is 0 Å². The summed E-state index contributed by atoms with van der Waals surface area (Å²) >= 11 is 11.6. The summed E-state index contributed by atoms with van der Waals surface area (Å²) in [6.45, 7) is 0. The van der Waals surface area contributed by atoms with Crippen molar-refractivity contribution >= 4 is 40.3 Å². The zero-order valence-electron chi connectivity index (χ0n) is 9.06. The van der Waals surface area contributed by atoms with Crippen LogP contribution in [0.4, 0.5) is 17.1 Å². The van der Waals surface area contributed by atoms with Crippen molar-refractivity contribution in [2.24, 2.45) is 0 Å². The van der Waals surface area contributed by atoms with Gasteiger partial charge in [-0.15, -0.1) is 0 Å². The molecule has 0 atom stereocenters. The summed E-state index contributed by atoms with van der Waals surface area (Å²) in [4.78, 5) is 10.4. The van der Waals surface area contributed by atoms with Crippen LogP contribution in [0, 0.1) is 10.1 Å². The number of nitrogens with one attached hydrogen (secondary N) is 1. The average molecular weight is 283 g/mol. The van der Waals surface area contributed by atoms with Gasteiger partial charge in [-0.05, 0) is 18.2 Å². The van der Waals surface area contributed by atoms with Crippen molar-refractivity contribution in [3.05, 3.63) is 62.6 Å². The van der Waals surface area contributed by atoms with Gasteiger partial charge in [0.15, 0.2) is 0 Å². The van der Waals surface area contributed by atoms with Gasteiger partial charge in [-0.2, -0.15) is 0 Å². The molecular formula is C12H8Cl2N2O2. The molecule has 0 aromatic heterocycles. The van der Waals surface area contributed by atoms with Gasteiger partial charge in [-0.1, -0.05) is 41.4 Å². The lowest BCUT2D eigenvalue weighted by Gasteiger charge is -2.08. The van der Waals surface area contributed by atoms with E-state index in [1.807, 2.05) is 18.2 Å². The van der Waals surface area contributed by atoms with E-state index in [-0.39, 0.29) is 15.7 Å². The standard InChI is InChI=1S/C12H8Cl2N2O2/c13-9-6-11(12(16(17)18)7-10(9)14)15-8-4-2-1-3-5-8/h1-7,15H. The number of nitrogens with zero attached hydrogens (tertiary/aromatic N) is 1. The Balaban J connectivity index is 2.43. The van der Waals surface area contributed by atoms with Crippen LogP contribution >= 0.6 is 23.2 Å². The molecule has 0 unspecified atom stereocenters. The van der Waals surface area contributed by atoms with Gasteiger partial charge in [0.25, 0.3) is 5.69 Å². The van der Waals surface area contributed by atoms with Crippen LogP contribution in [0.1, 0.15) is 0 Å². The lowest BCUT2D eigenvalue weighted by Crippen LogP contribution is -1.97. The van der Waals surface area contributed by atoms with Gasteiger partial charge in [0.2, 0.25) is 0 Å². The number of para-hydroxylation sites is 1. The molecule has 0 bridgehead atoms. The van der Waals surface area contributed by atoms with Crippen molar-refractivity contribution < 1.29 is 4.92 Å². The molecule has 2 rings (SSSR count). The average Bonchev–Trinajstić information content (AvgIpc) is 2.34. The smallest absolute Gasteiger partial charge is 0.294 e. The Labute approximate surface area is 113 Å². The molecule has 2 aromatic rings. The SMILES string of the molecule is O=[N+]([O-])c1cc(Cl)c(Cl)cc1Nc1ccccc1. The summed E-state index contributed by atoms with van der Waals surface area (Å²) in [5.41, 5.74) is 0.924. The van der Waals surface area contributed by atoms with Crippen molar-refractivity contribution in [3.63, 3.8) is 0 Å². The maximum Gasteiger partial charge on any atom is 0.294 e. The van der Waals surface area contributed by atoms with E-state index >= 15 is 0 Å². The Morgan fingerprint density at radius 1 is 1.06 bits per heavy atom. The highest BCUT2D eigenvalue weighted by Crippen LogP contribution is 2.35. The van der Waals surface area contributed by atoms with Crippen LogP contribution < -0.4 is 5.32 Å². The molecule has 18 heavy (non-hydrogen) atoms. The second-order valence-electron chi connectivity index (χ2n) is 3.53. The minimum absolute atomic E-state index is 0.117. The molecule has 2 aromatic carbocycles. The van der Waals surface area contributed by atoms with Crippen LogP contribution in [0.15, 0.2) is 42.5 Å². The highest BCUT2D eigenvalue weighted by molar-refractivity contribution is 6.42. The van der Waals surface area contributed by atoms with Crippen molar-refractivity contribution in [3.8, 4) is 0 Å². The molecule has 92 valence electrons. The number of hydrogen-bond acceptors (Lipinski definition) is 3. The molecule has 0 aliphatic rings. The lowest BCUT2D eigenvalue weighted by atomic mass is 10.2. The van der Waals surface area contributed by atoms with Gasteiger partial charge in [0, 0.05) is 11.8 Å². The summed E-state index contributed by atoms with van der Waals surface area (Å²) in [6.07, 6.45) is 0. The first-order valence-electron chi connectivity index (χ1n) is 5.03. The minimum atomic E-state index is -0.506. The molecule has 0 aliphatic carbocycles. The first-order valence-corrected chi connectivity index (χ1v) is 5.79. The van der Waals surface area contributed by atoms with Gasteiger partial charge in [-0.25, -0.2) is 0 Å². The van der Waals surface area contributed by atoms with E-state index < -0.39 is 4.92 Å². The summed E-state index contributed by atoms with van der Waals surface area (Å²) in [5, 5.41) is 14.3. The van der Waals surface area contributed by atoms with E-state index in [0.29, 0.717) is 5.69 Å².